The van der Waals surface area contributed by atoms with Gasteiger partial charge in [0.2, 0.25) is 0 Å². The Morgan fingerprint density at radius 2 is 1.86 bits per heavy atom. The lowest BCUT2D eigenvalue weighted by atomic mass is 9.79. The molecular weight excluding hydrogens is 176 g/mol. The van der Waals surface area contributed by atoms with Crippen molar-refractivity contribution in [1.82, 2.24) is 5.43 Å². The topological polar surface area (TPSA) is 47.3 Å². The van der Waals surface area contributed by atoms with Gasteiger partial charge in [0.15, 0.2) is 0 Å². The molecule has 3 N–H and O–H groups in total. The van der Waals surface area contributed by atoms with E-state index in [0.717, 1.165) is 19.1 Å². The van der Waals surface area contributed by atoms with E-state index in [0.29, 0.717) is 12.0 Å². The first kappa shape index (κ1) is 10.4. The van der Waals surface area contributed by atoms with Crippen LogP contribution in [-0.2, 0) is 4.74 Å². The molecule has 1 saturated carbocycles. The van der Waals surface area contributed by atoms with Crippen LogP contribution < -0.4 is 11.3 Å². The molecule has 1 aliphatic heterocycles. The van der Waals surface area contributed by atoms with Gasteiger partial charge >= 0.3 is 0 Å². The molecule has 3 nitrogen and oxygen atoms in total. The maximum atomic E-state index is 5.68. The summed E-state index contributed by atoms with van der Waals surface area (Å²) in [6.45, 7) is 1.83. The summed E-state index contributed by atoms with van der Waals surface area (Å²) in [5.74, 6) is 7.13. The molecule has 0 amide bonds. The number of ether oxygens (including phenoxy) is 1. The average Bonchev–Trinajstić information content (AvgIpc) is 2.74. The Hall–Kier alpha value is -0.120. The maximum absolute atomic E-state index is 5.68. The second-order valence-corrected chi connectivity index (χ2v) is 4.71. The minimum atomic E-state index is 0.498. The van der Waals surface area contributed by atoms with E-state index in [4.69, 9.17) is 10.6 Å². The van der Waals surface area contributed by atoms with E-state index >= 15 is 0 Å². The van der Waals surface area contributed by atoms with E-state index in [9.17, 15) is 0 Å². The number of hydrogen-bond acceptors (Lipinski definition) is 3. The average molecular weight is 198 g/mol. The smallest absolute Gasteiger partial charge is 0.0510 e. The molecule has 2 fully saturated rings. The summed E-state index contributed by atoms with van der Waals surface area (Å²) in [7, 11) is 0. The maximum Gasteiger partial charge on any atom is 0.0510 e. The lowest BCUT2D eigenvalue weighted by Gasteiger charge is -2.33. The van der Waals surface area contributed by atoms with Gasteiger partial charge in [-0.25, -0.2) is 0 Å². The fourth-order valence-corrected chi connectivity index (χ4v) is 2.99. The second kappa shape index (κ2) is 5.10. The number of hydrazine groups is 1. The van der Waals surface area contributed by atoms with Crippen LogP contribution in [0.3, 0.4) is 0 Å². The monoisotopic (exact) mass is 198 g/mol. The van der Waals surface area contributed by atoms with E-state index in [2.05, 4.69) is 5.43 Å². The molecule has 3 heteroatoms. The molecule has 1 heterocycles. The molecule has 0 aromatic heterocycles. The molecular formula is C11H22N2O. The summed E-state index contributed by atoms with van der Waals surface area (Å²) >= 11 is 0. The molecule has 82 valence electrons. The second-order valence-electron chi connectivity index (χ2n) is 4.71. The van der Waals surface area contributed by atoms with Gasteiger partial charge in [0.25, 0.3) is 0 Å². The Morgan fingerprint density at radius 1 is 1.07 bits per heavy atom. The van der Waals surface area contributed by atoms with Crippen molar-refractivity contribution in [2.45, 2.75) is 44.6 Å². The molecule has 14 heavy (non-hydrogen) atoms. The summed E-state index contributed by atoms with van der Waals surface area (Å²) < 4.78 is 5.44. The van der Waals surface area contributed by atoms with Crippen LogP contribution in [0.15, 0.2) is 0 Å². The first-order chi connectivity index (χ1) is 6.92. The number of rotatable bonds is 3. The van der Waals surface area contributed by atoms with E-state index < -0.39 is 0 Å². The lowest BCUT2D eigenvalue weighted by Crippen LogP contribution is -2.47. The van der Waals surface area contributed by atoms with E-state index in [1.807, 2.05) is 0 Å². The SMILES string of the molecule is NNC(C1CCCCC1)C1CCOC1. The third-order valence-corrected chi connectivity index (χ3v) is 3.82. The van der Waals surface area contributed by atoms with Gasteiger partial charge in [-0.3, -0.25) is 11.3 Å². The van der Waals surface area contributed by atoms with E-state index in [1.54, 1.807) is 0 Å². The zero-order chi connectivity index (χ0) is 9.80. The van der Waals surface area contributed by atoms with Gasteiger partial charge in [0.05, 0.1) is 6.61 Å². The molecule has 0 aromatic rings. The van der Waals surface area contributed by atoms with Crippen molar-refractivity contribution in [2.75, 3.05) is 13.2 Å². The van der Waals surface area contributed by atoms with Crippen molar-refractivity contribution < 1.29 is 4.74 Å². The van der Waals surface area contributed by atoms with Crippen LogP contribution in [0.5, 0.6) is 0 Å². The van der Waals surface area contributed by atoms with Crippen LogP contribution in [0.4, 0.5) is 0 Å². The third kappa shape index (κ3) is 2.27. The van der Waals surface area contributed by atoms with Crippen LogP contribution in [-0.4, -0.2) is 19.3 Å². The summed E-state index contributed by atoms with van der Waals surface area (Å²) in [6.07, 6.45) is 8.07. The van der Waals surface area contributed by atoms with E-state index in [1.165, 1.54) is 38.5 Å². The Balaban J connectivity index is 1.89. The minimum absolute atomic E-state index is 0.498. The van der Waals surface area contributed by atoms with Gasteiger partial charge in [-0.15, -0.1) is 0 Å². The first-order valence-corrected chi connectivity index (χ1v) is 5.95. The van der Waals surface area contributed by atoms with Crippen molar-refractivity contribution >= 4 is 0 Å². The van der Waals surface area contributed by atoms with Crippen molar-refractivity contribution in [2.24, 2.45) is 17.7 Å². The van der Waals surface area contributed by atoms with Crippen LogP contribution in [0.25, 0.3) is 0 Å². The molecule has 2 unspecified atom stereocenters. The molecule has 0 aromatic carbocycles. The fraction of sp³-hybridized carbons (Fsp3) is 1.00. The normalized spacial score (nSPS) is 31.9. The Bertz CT molecular complexity index is 163. The minimum Gasteiger partial charge on any atom is -0.381 e. The number of nitrogens with one attached hydrogen (secondary N) is 1. The van der Waals surface area contributed by atoms with E-state index in [-0.39, 0.29) is 0 Å². The predicted octanol–water partition coefficient (Wildman–Crippen LogP) is 1.44. The van der Waals surface area contributed by atoms with Crippen LogP contribution in [0.1, 0.15) is 38.5 Å². The molecule has 1 aliphatic carbocycles. The van der Waals surface area contributed by atoms with Gasteiger partial charge in [-0.05, 0) is 25.2 Å². The van der Waals surface area contributed by atoms with Crippen LogP contribution in [0.2, 0.25) is 0 Å². The van der Waals surface area contributed by atoms with Gasteiger partial charge in [0, 0.05) is 18.6 Å². The van der Waals surface area contributed by atoms with Crippen molar-refractivity contribution in [3.63, 3.8) is 0 Å². The predicted molar refractivity (Wildman–Crippen MR) is 56.6 cm³/mol. The molecule has 0 spiro atoms. The molecule has 2 rings (SSSR count). The molecule has 2 aliphatic rings. The Labute approximate surface area is 86.4 Å². The van der Waals surface area contributed by atoms with Gasteiger partial charge < -0.3 is 4.74 Å². The fourth-order valence-electron chi connectivity index (χ4n) is 2.99. The zero-order valence-corrected chi connectivity index (χ0v) is 8.87. The largest absolute Gasteiger partial charge is 0.381 e. The summed E-state index contributed by atoms with van der Waals surface area (Å²) in [5.41, 5.74) is 3.03. The highest BCUT2D eigenvalue weighted by Gasteiger charge is 2.31. The zero-order valence-electron chi connectivity index (χ0n) is 8.87. The van der Waals surface area contributed by atoms with Crippen molar-refractivity contribution in [3.05, 3.63) is 0 Å². The van der Waals surface area contributed by atoms with Crippen LogP contribution >= 0.6 is 0 Å². The number of nitrogens with two attached hydrogens (primary N) is 1. The van der Waals surface area contributed by atoms with Crippen LogP contribution in [0, 0.1) is 11.8 Å². The summed E-state index contributed by atoms with van der Waals surface area (Å²) in [5, 5.41) is 0. The standard InChI is InChI=1S/C11H22N2O/c12-13-11(10-6-7-14-8-10)9-4-2-1-3-5-9/h9-11,13H,1-8,12H2. The first-order valence-electron chi connectivity index (χ1n) is 5.95. The van der Waals surface area contributed by atoms with Crippen molar-refractivity contribution in [3.8, 4) is 0 Å². The molecule has 0 radical (unpaired) electrons. The molecule has 1 saturated heterocycles. The Kier molecular flexibility index (Phi) is 3.79. The van der Waals surface area contributed by atoms with Gasteiger partial charge in [0.1, 0.15) is 0 Å². The quantitative estimate of drug-likeness (QED) is 0.533. The number of hydrogen-bond donors (Lipinski definition) is 2. The third-order valence-electron chi connectivity index (χ3n) is 3.82. The lowest BCUT2D eigenvalue weighted by molar-refractivity contribution is 0.153. The van der Waals surface area contributed by atoms with Crippen molar-refractivity contribution in [1.29, 1.82) is 0 Å². The molecule has 2 atom stereocenters. The highest BCUT2D eigenvalue weighted by molar-refractivity contribution is 4.85. The highest BCUT2D eigenvalue weighted by atomic mass is 16.5. The van der Waals surface area contributed by atoms with Gasteiger partial charge in [-0.2, -0.15) is 0 Å². The molecule has 0 bridgehead atoms. The van der Waals surface area contributed by atoms with Gasteiger partial charge in [-0.1, -0.05) is 19.3 Å². The highest BCUT2D eigenvalue weighted by Crippen LogP contribution is 2.31. The Morgan fingerprint density at radius 3 is 2.43 bits per heavy atom. The summed E-state index contributed by atoms with van der Waals surface area (Å²) in [4.78, 5) is 0. The summed E-state index contributed by atoms with van der Waals surface area (Å²) in [6, 6.07) is 0.498.